The van der Waals surface area contributed by atoms with Gasteiger partial charge < -0.3 is 4.98 Å². The van der Waals surface area contributed by atoms with Crippen LogP contribution in [0.4, 0.5) is 0 Å². The lowest BCUT2D eigenvalue weighted by molar-refractivity contribution is 0.947. The van der Waals surface area contributed by atoms with Gasteiger partial charge in [-0.05, 0) is 42.2 Å². The Morgan fingerprint density at radius 2 is 2.17 bits per heavy atom. The Bertz CT molecular complexity index is 801. The molecule has 1 aromatic carbocycles. The molecule has 0 radical (unpaired) electrons. The van der Waals surface area contributed by atoms with Crippen LogP contribution < -0.4 is 0 Å². The van der Waals surface area contributed by atoms with E-state index in [9.17, 15) is 0 Å². The van der Waals surface area contributed by atoms with E-state index in [2.05, 4.69) is 21.3 Å². The van der Waals surface area contributed by atoms with Crippen LogP contribution >= 0.6 is 0 Å². The molecular weight excluding hydrogens is 224 g/mol. The third-order valence-corrected chi connectivity index (χ3v) is 3.65. The molecule has 86 valence electrons. The quantitative estimate of drug-likeness (QED) is 0.627. The summed E-state index contributed by atoms with van der Waals surface area (Å²) in [6, 6.07) is 7.98. The van der Waals surface area contributed by atoms with Crippen LogP contribution in [0.25, 0.3) is 22.3 Å². The summed E-state index contributed by atoms with van der Waals surface area (Å²) in [5.74, 6) is 0. The van der Waals surface area contributed by atoms with E-state index in [1.807, 2.05) is 24.4 Å². The van der Waals surface area contributed by atoms with Crippen molar-refractivity contribution in [3.63, 3.8) is 0 Å². The SMILES string of the molecule is N#Cc1ccc2[nH]c3c(c2c1)CCc1cn[nH]c1-3. The number of fused-ring (bicyclic) bond motifs is 5. The van der Waals surface area contributed by atoms with E-state index in [0.29, 0.717) is 5.56 Å². The fourth-order valence-corrected chi connectivity index (χ4v) is 2.77. The highest BCUT2D eigenvalue weighted by Gasteiger charge is 2.22. The summed E-state index contributed by atoms with van der Waals surface area (Å²) in [6.45, 7) is 0. The number of aryl methyl sites for hydroxylation is 2. The predicted molar refractivity (Wildman–Crippen MR) is 68.0 cm³/mol. The van der Waals surface area contributed by atoms with Gasteiger partial charge in [0.25, 0.3) is 0 Å². The Kier molecular flexibility index (Phi) is 1.70. The van der Waals surface area contributed by atoms with Crippen LogP contribution in [0.15, 0.2) is 24.4 Å². The van der Waals surface area contributed by atoms with Gasteiger partial charge in [0.15, 0.2) is 0 Å². The lowest BCUT2D eigenvalue weighted by atomic mass is 9.94. The monoisotopic (exact) mass is 234 g/mol. The largest absolute Gasteiger partial charge is 0.353 e. The van der Waals surface area contributed by atoms with Gasteiger partial charge in [0.2, 0.25) is 0 Å². The maximum Gasteiger partial charge on any atom is 0.0991 e. The van der Waals surface area contributed by atoms with E-state index < -0.39 is 0 Å². The van der Waals surface area contributed by atoms with E-state index in [1.165, 1.54) is 11.1 Å². The number of H-pyrrole nitrogens is 2. The predicted octanol–water partition coefficient (Wildman–Crippen LogP) is 2.53. The highest BCUT2D eigenvalue weighted by atomic mass is 15.1. The number of nitrogens with zero attached hydrogens (tertiary/aromatic N) is 2. The van der Waals surface area contributed by atoms with Crippen LogP contribution in [-0.4, -0.2) is 15.2 Å². The van der Waals surface area contributed by atoms with Gasteiger partial charge >= 0.3 is 0 Å². The van der Waals surface area contributed by atoms with Crippen molar-refractivity contribution in [2.24, 2.45) is 0 Å². The number of nitriles is 1. The molecule has 0 saturated heterocycles. The second kappa shape index (κ2) is 3.23. The van der Waals surface area contributed by atoms with Crippen molar-refractivity contribution in [2.45, 2.75) is 12.8 Å². The Morgan fingerprint density at radius 1 is 1.22 bits per heavy atom. The summed E-state index contributed by atoms with van der Waals surface area (Å²) < 4.78 is 0. The first-order chi connectivity index (χ1) is 8.86. The van der Waals surface area contributed by atoms with Crippen LogP contribution in [0.2, 0.25) is 0 Å². The molecule has 0 bridgehead atoms. The number of nitrogens with one attached hydrogen (secondary N) is 2. The van der Waals surface area contributed by atoms with Gasteiger partial charge in [-0.25, -0.2) is 0 Å². The summed E-state index contributed by atoms with van der Waals surface area (Å²) in [6.07, 6.45) is 3.89. The van der Waals surface area contributed by atoms with Crippen molar-refractivity contribution >= 4 is 10.9 Å². The average Bonchev–Trinajstić information content (AvgIpc) is 3.01. The Balaban J connectivity index is 2.08. The third kappa shape index (κ3) is 1.11. The molecule has 2 heterocycles. The van der Waals surface area contributed by atoms with E-state index in [-0.39, 0.29) is 0 Å². The van der Waals surface area contributed by atoms with Crippen molar-refractivity contribution in [2.75, 3.05) is 0 Å². The number of aromatic amines is 2. The summed E-state index contributed by atoms with van der Waals surface area (Å²) in [5, 5.41) is 17.3. The molecule has 0 fully saturated rings. The first-order valence-electron chi connectivity index (χ1n) is 5.94. The Labute approximate surface area is 103 Å². The van der Waals surface area contributed by atoms with Gasteiger partial charge in [-0.15, -0.1) is 0 Å². The highest BCUT2D eigenvalue weighted by molar-refractivity contribution is 5.92. The van der Waals surface area contributed by atoms with E-state index in [0.717, 1.165) is 35.1 Å². The van der Waals surface area contributed by atoms with Gasteiger partial charge in [-0.2, -0.15) is 10.4 Å². The number of hydrogen-bond donors (Lipinski definition) is 2. The van der Waals surface area contributed by atoms with Crippen LogP contribution in [0.1, 0.15) is 16.7 Å². The molecule has 0 unspecified atom stereocenters. The molecule has 0 aliphatic heterocycles. The Hall–Kier alpha value is -2.54. The molecule has 4 heteroatoms. The molecule has 0 atom stereocenters. The maximum absolute atomic E-state index is 8.99. The minimum atomic E-state index is 0.708. The fourth-order valence-electron chi connectivity index (χ4n) is 2.77. The molecule has 4 nitrogen and oxygen atoms in total. The van der Waals surface area contributed by atoms with E-state index >= 15 is 0 Å². The van der Waals surface area contributed by atoms with Crippen LogP contribution in [-0.2, 0) is 12.8 Å². The fraction of sp³-hybridized carbons (Fsp3) is 0.143. The maximum atomic E-state index is 8.99. The van der Waals surface area contributed by atoms with Crippen molar-refractivity contribution in [3.8, 4) is 17.5 Å². The van der Waals surface area contributed by atoms with Gasteiger partial charge in [-0.3, -0.25) is 5.10 Å². The van der Waals surface area contributed by atoms with Gasteiger partial charge in [0.05, 0.1) is 29.2 Å². The smallest absolute Gasteiger partial charge is 0.0991 e. The zero-order valence-electron chi connectivity index (χ0n) is 9.62. The second-order valence-electron chi connectivity index (χ2n) is 4.62. The number of benzene rings is 1. The molecule has 0 saturated carbocycles. The Morgan fingerprint density at radius 3 is 3.06 bits per heavy atom. The molecule has 4 rings (SSSR count). The standard InChI is InChI=1S/C14H10N4/c15-6-8-1-4-12-11(5-8)10-3-2-9-7-16-18-13(9)14(10)17-12/h1,4-5,7,17H,2-3H2,(H,16,18). The summed E-state index contributed by atoms with van der Waals surface area (Å²) in [7, 11) is 0. The minimum Gasteiger partial charge on any atom is -0.353 e. The van der Waals surface area contributed by atoms with Crippen LogP contribution in [0.5, 0.6) is 0 Å². The van der Waals surface area contributed by atoms with E-state index in [1.54, 1.807) is 0 Å². The average molecular weight is 234 g/mol. The zero-order chi connectivity index (χ0) is 12.1. The first-order valence-corrected chi connectivity index (χ1v) is 5.94. The summed E-state index contributed by atoms with van der Waals surface area (Å²) >= 11 is 0. The van der Waals surface area contributed by atoms with E-state index in [4.69, 9.17) is 5.26 Å². The molecule has 18 heavy (non-hydrogen) atoms. The molecule has 1 aliphatic carbocycles. The number of rotatable bonds is 0. The minimum absolute atomic E-state index is 0.708. The van der Waals surface area contributed by atoms with Crippen LogP contribution in [0, 0.1) is 11.3 Å². The lowest BCUT2D eigenvalue weighted by Crippen LogP contribution is -2.00. The van der Waals surface area contributed by atoms with Crippen LogP contribution in [0.3, 0.4) is 0 Å². The van der Waals surface area contributed by atoms with Gasteiger partial charge in [0.1, 0.15) is 0 Å². The second-order valence-corrected chi connectivity index (χ2v) is 4.62. The highest BCUT2D eigenvalue weighted by Crippen LogP contribution is 2.36. The summed E-state index contributed by atoms with van der Waals surface area (Å²) in [5.41, 5.74) is 6.55. The molecule has 0 amide bonds. The molecular formula is C14H10N4. The third-order valence-electron chi connectivity index (χ3n) is 3.65. The van der Waals surface area contributed by atoms with Gasteiger partial charge in [0, 0.05) is 10.9 Å². The normalized spacial score (nSPS) is 13.1. The van der Waals surface area contributed by atoms with Gasteiger partial charge in [-0.1, -0.05) is 0 Å². The number of aromatic nitrogens is 3. The zero-order valence-corrected chi connectivity index (χ0v) is 9.62. The topological polar surface area (TPSA) is 68.3 Å². The lowest BCUT2D eigenvalue weighted by Gasteiger charge is -2.11. The van der Waals surface area contributed by atoms with Crippen molar-refractivity contribution in [1.82, 2.24) is 15.2 Å². The first kappa shape index (κ1) is 9.49. The molecule has 2 N–H and O–H groups in total. The molecule has 1 aliphatic rings. The molecule has 0 spiro atoms. The number of hydrogen-bond acceptors (Lipinski definition) is 2. The summed E-state index contributed by atoms with van der Waals surface area (Å²) in [4.78, 5) is 3.43. The van der Waals surface area contributed by atoms with Crippen molar-refractivity contribution in [3.05, 3.63) is 41.1 Å². The van der Waals surface area contributed by atoms with Crippen molar-refractivity contribution in [1.29, 1.82) is 5.26 Å². The molecule has 3 aromatic rings. The van der Waals surface area contributed by atoms with Crippen molar-refractivity contribution < 1.29 is 0 Å². The molecule has 2 aromatic heterocycles.